The number of carboxylic acid groups (broad SMARTS) is 1. The number of aliphatic carboxylic acids is 1. The molecule has 1 N–H and O–H groups in total. The van der Waals surface area contributed by atoms with E-state index < -0.39 is 5.97 Å². The van der Waals surface area contributed by atoms with Crippen LogP contribution in [0.2, 0.25) is 0 Å². The normalized spacial score (nSPS) is 16.6. The van der Waals surface area contributed by atoms with Crippen LogP contribution in [0.4, 0.5) is 0 Å². The molecule has 0 saturated heterocycles. The Hall–Kier alpha value is -2.29. The molecule has 0 spiro atoms. The Balaban J connectivity index is 1.68. The van der Waals surface area contributed by atoms with Crippen molar-refractivity contribution in [1.82, 2.24) is 0 Å². The van der Waals surface area contributed by atoms with Gasteiger partial charge in [-0.25, -0.2) is 4.79 Å². The third-order valence-corrected chi connectivity index (χ3v) is 4.54. The van der Waals surface area contributed by atoms with E-state index in [1.807, 2.05) is 12.1 Å². The molecule has 3 heteroatoms. The summed E-state index contributed by atoms with van der Waals surface area (Å²) in [5.74, 6) is 0.311. The molecular formula is C20H22O3. The lowest BCUT2D eigenvalue weighted by Crippen LogP contribution is -2.13. The average Bonchev–Trinajstić information content (AvgIpc) is 2.58. The minimum Gasteiger partial charge on any atom is -0.482 e. The van der Waals surface area contributed by atoms with Crippen molar-refractivity contribution in [2.75, 3.05) is 6.61 Å². The number of fused-ring (bicyclic) bond motifs is 1. The quantitative estimate of drug-likeness (QED) is 0.869. The van der Waals surface area contributed by atoms with Crippen molar-refractivity contribution in [1.29, 1.82) is 0 Å². The molecule has 0 fully saturated rings. The highest BCUT2D eigenvalue weighted by Crippen LogP contribution is 2.36. The van der Waals surface area contributed by atoms with Crippen LogP contribution in [-0.4, -0.2) is 17.7 Å². The van der Waals surface area contributed by atoms with E-state index in [0.717, 1.165) is 19.3 Å². The monoisotopic (exact) mass is 310 g/mol. The highest BCUT2D eigenvalue weighted by atomic mass is 16.5. The topological polar surface area (TPSA) is 46.5 Å². The Morgan fingerprint density at radius 1 is 1.17 bits per heavy atom. The van der Waals surface area contributed by atoms with Gasteiger partial charge < -0.3 is 9.84 Å². The molecule has 0 saturated carbocycles. The molecule has 0 bridgehead atoms. The van der Waals surface area contributed by atoms with Gasteiger partial charge in [-0.15, -0.1) is 0 Å². The molecule has 1 aliphatic rings. The molecule has 1 atom stereocenters. The number of hydrogen-bond acceptors (Lipinski definition) is 2. The van der Waals surface area contributed by atoms with Crippen molar-refractivity contribution in [3.63, 3.8) is 0 Å². The summed E-state index contributed by atoms with van der Waals surface area (Å²) in [4.78, 5) is 10.6. The van der Waals surface area contributed by atoms with Crippen LogP contribution >= 0.6 is 0 Å². The third-order valence-electron chi connectivity index (χ3n) is 4.54. The summed E-state index contributed by atoms with van der Waals surface area (Å²) >= 11 is 0. The van der Waals surface area contributed by atoms with Crippen LogP contribution in [0.1, 0.15) is 41.9 Å². The highest BCUT2D eigenvalue weighted by Gasteiger charge is 2.20. The molecule has 1 aliphatic carbocycles. The van der Waals surface area contributed by atoms with E-state index in [-0.39, 0.29) is 6.61 Å². The van der Waals surface area contributed by atoms with Gasteiger partial charge in [0.15, 0.2) is 6.61 Å². The van der Waals surface area contributed by atoms with Crippen molar-refractivity contribution in [3.05, 3.63) is 65.2 Å². The standard InChI is InChI=1S/C20H22O3/c21-20(22)14-23-18-11-12-19-16(7-4-8-17(19)13-18)10-9-15-5-2-1-3-6-15/h1-3,5-6,11-13,16H,4,7-10,14H2,(H,21,22). The van der Waals surface area contributed by atoms with Crippen LogP contribution < -0.4 is 4.74 Å². The molecule has 3 nitrogen and oxygen atoms in total. The zero-order valence-corrected chi connectivity index (χ0v) is 13.2. The van der Waals surface area contributed by atoms with Gasteiger partial charge in [0.05, 0.1) is 0 Å². The maximum Gasteiger partial charge on any atom is 0.341 e. The van der Waals surface area contributed by atoms with Gasteiger partial charge in [0, 0.05) is 0 Å². The van der Waals surface area contributed by atoms with Gasteiger partial charge in [0.25, 0.3) is 0 Å². The molecule has 0 aromatic heterocycles. The van der Waals surface area contributed by atoms with Crippen molar-refractivity contribution in [3.8, 4) is 5.75 Å². The maximum absolute atomic E-state index is 10.6. The average molecular weight is 310 g/mol. The Kier molecular flexibility index (Phi) is 4.96. The number of carboxylic acids is 1. The smallest absolute Gasteiger partial charge is 0.341 e. The zero-order chi connectivity index (χ0) is 16.1. The van der Waals surface area contributed by atoms with E-state index in [1.165, 1.54) is 29.5 Å². The Morgan fingerprint density at radius 3 is 2.78 bits per heavy atom. The number of carbonyl (C=O) groups is 1. The van der Waals surface area contributed by atoms with E-state index in [9.17, 15) is 4.79 Å². The lowest BCUT2D eigenvalue weighted by molar-refractivity contribution is -0.139. The third kappa shape index (κ3) is 4.13. The van der Waals surface area contributed by atoms with Crippen LogP contribution in [0, 0.1) is 0 Å². The van der Waals surface area contributed by atoms with Gasteiger partial charge in [-0.3, -0.25) is 0 Å². The second-order valence-electron chi connectivity index (χ2n) is 6.16. The van der Waals surface area contributed by atoms with Crippen molar-refractivity contribution < 1.29 is 14.6 Å². The van der Waals surface area contributed by atoms with E-state index in [2.05, 4.69) is 36.4 Å². The second-order valence-corrected chi connectivity index (χ2v) is 6.16. The van der Waals surface area contributed by atoms with Gasteiger partial charge in [-0.2, -0.15) is 0 Å². The molecule has 0 aliphatic heterocycles. The Bertz CT molecular complexity index is 664. The van der Waals surface area contributed by atoms with Gasteiger partial charge in [0.2, 0.25) is 0 Å². The van der Waals surface area contributed by atoms with E-state index in [0.29, 0.717) is 11.7 Å². The minimum absolute atomic E-state index is 0.282. The van der Waals surface area contributed by atoms with Gasteiger partial charge >= 0.3 is 5.97 Å². The predicted octanol–water partition coefficient (Wildman–Crippen LogP) is 4.20. The summed E-state index contributed by atoms with van der Waals surface area (Å²) < 4.78 is 5.30. The van der Waals surface area contributed by atoms with E-state index >= 15 is 0 Å². The fourth-order valence-corrected chi connectivity index (χ4v) is 3.41. The molecule has 120 valence electrons. The molecule has 0 radical (unpaired) electrons. The lowest BCUT2D eigenvalue weighted by atomic mass is 9.80. The van der Waals surface area contributed by atoms with E-state index in [4.69, 9.17) is 9.84 Å². The first kappa shape index (κ1) is 15.6. The molecular weight excluding hydrogens is 288 g/mol. The van der Waals surface area contributed by atoms with Crippen molar-refractivity contribution in [2.45, 2.75) is 38.0 Å². The molecule has 1 unspecified atom stereocenters. The number of ether oxygens (including phenoxy) is 1. The number of rotatable bonds is 6. The maximum atomic E-state index is 10.6. The molecule has 0 amide bonds. The zero-order valence-electron chi connectivity index (χ0n) is 13.2. The number of aryl methyl sites for hydroxylation is 2. The fraction of sp³-hybridized carbons (Fsp3) is 0.350. The Morgan fingerprint density at radius 2 is 2.00 bits per heavy atom. The van der Waals surface area contributed by atoms with Crippen molar-refractivity contribution in [2.24, 2.45) is 0 Å². The number of hydrogen-bond donors (Lipinski definition) is 1. The summed E-state index contributed by atoms with van der Waals surface area (Å²) in [5.41, 5.74) is 4.12. The highest BCUT2D eigenvalue weighted by molar-refractivity contribution is 5.68. The van der Waals surface area contributed by atoms with Crippen LogP contribution in [-0.2, 0) is 17.6 Å². The molecule has 3 rings (SSSR count). The van der Waals surface area contributed by atoms with Crippen LogP contribution in [0.15, 0.2) is 48.5 Å². The van der Waals surface area contributed by atoms with Crippen LogP contribution in [0.25, 0.3) is 0 Å². The van der Waals surface area contributed by atoms with E-state index in [1.54, 1.807) is 0 Å². The van der Waals surface area contributed by atoms with Gasteiger partial charge in [-0.1, -0.05) is 36.4 Å². The van der Waals surface area contributed by atoms with Gasteiger partial charge in [0.1, 0.15) is 5.75 Å². The first-order chi connectivity index (χ1) is 11.2. The van der Waals surface area contributed by atoms with Gasteiger partial charge in [-0.05, 0) is 66.8 Å². The lowest BCUT2D eigenvalue weighted by Gasteiger charge is -2.26. The SMILES string of the molecule is O=C(O)COc1ccc2c(c1)CCCC2CCc1ccccc1. The first-order valence-corrected chi connectivity index (χ1v) is 8.24. The summed E-state index contributed by atoms with van der Waals surface area (Å²) in [7, 11) is 0. The van der Waals surface area contributed by atoms with Crippen LogP contribution in [0.3, 0.4) is 0 Å². The predicted molar refractivity (Wildman–Crippen MR) is 90.0 cm³/mol. The minimum atomic E-state index is -0.941. The largest absolute Gasteiger partial charge is 0.482 e. The Labute approximate surface area is 136 Å². The molecule has 0 heterocycles. The molecule has 2 aromatic rings. The van der Waals surface area contributed by atoms with Crippen molar-refractivity contribution >= 4 is 5.97 Å². The number of benzene rings is 2. The van der Waals surface area contributed by atoms with Crippen LogP contribution in [0.5, 0.6) is 5.75 Å². The second kappa shape index (κ2) is 7.32. The summed E-state index contributed by atoms with van der Waals surface area (Å²) in [5, 5.41) is 8.71. The summed E-state index contributed by atoms with van der Waals surface area (Å²) in [6.45, 7) is -0.282. The molecule has 23 heavy (non-hydrogen) atoms. The first-order valence-electron chi connectivity index (χ1n) is 8.24. The molecule has 2 aromatic carbocycles. The fourth-order valence-electron chi connectivity index (χ4n) is 3.41. The summed E-state index contributed by atoms with van der Waals surface area (Å²) in [6, 6.07) is 16.7. The summed E-state index contributed by atoms with van der Waals surface area (Å²) in [6.07, 6.45) is 5.74.